The van der Waals surface area contributed by atoms with Crippen LogP contribution in [0.5, 0.6) is 0 Å². The van der Waals surface area contributed by atoms with Crippen molar-refractivity contribution in [3.8, 4) is 0 Å². The quantitative estimate of drug-likeness (QED) is 0.296. The Hall–Kier alpha value is -0.630. The second kappa shape index (κ2) is 11.4. The lowest BCUT2D eigenvalue weighted by Crippen LogP contribution is -1.97. The Morgan fingerprint density at radius 3 is 2.46 bits per heavy atom. The molecule has 0 amide bonds. The van der Waals surface area contributed by atoms with E-state index in [9.17, 15) is 4.79 Å². The van der Waals surface area contributed by atoms with Gasteiger partial charge in [-0.05, 0) is 19.3 Å². The van der Waals surface area contributed by atoms with Crippen LogP contribution >= 0.6 is 0 Å². The lowest BCUT2D eigenvalue weighted by molar-refractivity contribution is -0.111. The normalized spacial score (nSPS) is 9.85. The van der Waals surface area contributed by atoms with Crippen molar-refractivity contribution < 1.29 is 9.53 Å². The van der Waals surface area contributed by atoms with Crippen molar-refractivity contribution in [3.63, 3.8) is 0 Å². The number of carbonyl (C=O) groups is 1. The highest BCUT2D eigenvalue weighted by atomic mass is 16.5. The Morgan fingerprint density at radius 2 is 1.77 bits per heavy atom. The second-order valence-corrected chi connectivity index (χ2v) is 3.09. The first-order valence-electron chi connectivity index (χ1n) is 5.04. The number of hydrogen-bond donors (Lipinski definition) is 0. The number of ether oxygens (including phenoxy) is 1. The highest BCUT2D eigenvalue weighted by molar-refractivity contribution is 5.50. The molecule has 0 N–H and O–H groups in total. The van der Waals surface area contributed by atoms with Gasteiger partial charge in [-0.15, -0.1) is 6.58 Å². The van der Waals surface area contributed by atoms with Gasteiger partial charge in [0.05, 0.1) is 0 Å². The molecule has 0 aliphatic rings. The highest BCUT2D eigenvalue weighted by Gasteiger charge is 1.90. The van der Waals surface area contributed by atoms with Crippen LogP contribution in [0.3, 0.4) is 0 Å². The van der Waals surface area contributed by atoms with Crippen LogP contribution < -0.4 is 0 Å². The van der Waals surface area contributed by atoms with Crippen molar-refractivity contribution in [1.82, 2.24) is 0 Å². The molecule has 0 aromatic rings. The van der Waals surface area contributed by atoms with Crippen molar-refractivity contribution in [3.05, 3.63) is 12.7 Å². The predicted molar refractivity (Wildman–Crippen MR) is 54.8 cm³/mol. The van der Waals surface area contributed by atoms with Gasteiger partial charge < -0.3 is 9.53 Å². The molecule has 0 fully saturated rings. The lowest BCUT2D eigenvalue weighted by Gasteiger charge is -2.00. The minimum absolute atomic E-state index is 0.246. The maximum absolute atomic E-state index is 9.88. The van der Waals surface area contributed by atoms with Crippen LogP contribution in [0.15, 0.2) is 12.7 Å². The number of carbonyl (C=O) groups excluding carboxylic acids is 1. The van der Waals surface area contributed by atoms with E-state index >= 15 is 0 Å². The highest BCUT2D eigenvalue weighted by Crippen LogP contribution is 2.05. The van der Waals surface area contributed by atoms with Crippen LogP contribution in [0.25, 0.3) is 0 Å². The topological polar surface area (TPSA) is 26.3 Å². The SMILES string of the molecule is C=CCCCCCCCOCC=O. The summed E-state index contributed by atoms with van der Waals surface area (Å²) in [5, 5.41) is 0. The van der Waals surface area contributed by atoms with E-state index in [1.807, 2.05) is 6.08 Å². The number of unbranched alkanes of at least 4 members (excludes halogenated alkanes) is 5. The predicted octanol–water partition coefficient (Wildman–Crippen LogP) is 2.73. The van der Waals surface area contributed by atoms with E-state index in [1.54, 1.807) is 0 Å². The summed E-state index contributed by atoms with van der Waals surface area (Å²) in [6.07, 6.45) is 9.95. The van der Waals surface area contributed by atoms with Gasteiger partial charge >= 0.3 is 0 Å². The molecule has 2 nitrogen and oxygen atoms in total. The standard InChI is InChI=1S/C11H20O2/c1-2-3-4-5-6-7-8-10-13-11-9-12/h2,9H,1,3-8,10-11H2. The van der Waals surface area contributed by atoms with E-state index in [0.717, 1.165) is 25.7 Å². The Bertz CT molecular complexity index is 107. The van der Waals surface area contributed by atoms with Gasteiger partial charge in [-0.25, -0.2) is 0 Å². The Balaban J connectivity index is 2.83. The largest absolute Gasteiger partial charge is 0.374 e. The van der Waals surface area contributed by atoms with E-state index in [-0.39, 0.29) is 6.61 Å². The van der Waals surface area contributed by atoms with Gasteiger partial charge in [0.2, 0.25) is 0 Å². The Labute approximate surface area is 81.0 Å². The zero-order chi connectivity index (χ0) is 9.78. The van der Waals surface area contributed by atoms with E-state index < -0.39 is 0 Å². The molecule has 0 aliphatic heterocycles. The van der Waals surface area contributed by atoms with Crippen LogP contribution in [0.2, 0.25) is 0 Å². The summed E-state index contributed by atoms with van der Waals surface area (Å²) in [6.45, 7) is 4.64. The third kappa shape index (κ3) is 11.4. The molecule has 2 heteroatoms. The maximum Gasteiger partial charge on any atom is 0.145 e. The van der Waals surface area contributed by atoms with Crippen LogP contribution in [0, 0.1) is 0 Å². The fourth-order valence-corrected chi connectivity index (χ4v) is 1.15. The van der Waals surface area contributed by atoms with Crippen LogP contribution in [0.4, 0.5) is 0 Å². The number of allylic oxidation sites excluding steroid dienone is 1. The summed E-state index contributed by atoms with van der Waals surface area (Å²) in [5.41, 5.74) is 0. The molecule has 0 atom stereocenters. The summed E-state index contributed by atoms with van der Waals surface area (Å²) in [7, 11) is 0. The molecule has 0 aromatic heterocycles. The molecule has 0 aromatic carbocycles. The third-order valence-electron chi connectivity index (χ3n) is 1.88. The van der Waals surface area contributed by atoms with E-state index in [4.69, 9.17) is 4.74 Å². The van der Waals surface area contributed by atoms with Crippen LogP contribution in [0.1, 0.15) is 38.5 Å². The molecular weight excluding hydrogens is 164 g/mol. The Morgan fingerprint density at radius 1 is 1.08 bits per heavy atom. The second-order valence-electron chi connectivity index (χ2n) is 3.09. The summed E-state index contributed by atoms with van der Waals surface area (Å²) >= 11 is 0. The molecule has 0 rings (SSSR count). The Kier molecular flexibility index (Phi) is 10.8. The first-order chi connectivity index (χ1) is 6.41. The molecule has 0 radical (unpaired) electrons. The zero-order valence-electron chi connectivity index (χ0n) is 8.34. The first kappa shape index (κ1) is 12.4. The average Bonchev–Trinajstić information content (AvgIpc) is 2.16. The zero-order valence-corrected chi connectivity index (χ0v) is 8.34. The lowest BCUT2D eigenvalue weighted by atomic mass is 10.1. The van der Waals surface area contributed by atoms with Crippen molar-refractivity contribution in [2.75, 3.05) is 13.2 Å². The number of hydrogen-bond acceptors (Lipinski definition) is 2. The summed E-state index contributed by atoms with van der Waals surface area (Å²) in [5.74, 6) is 0. The molecule has 0 spiro atoms. The third-order valence-corrected chi connectivity index (χ3v) is 1.88. The van der Waals surface area contributed by atoms with Crippen molar-refractivity contribution >= 4 is 6.29 Å². The molecule has 0 saturated heterocycles. The van der Waals surface area contributed by atoms with Gasteiger partial charge in [0.1, 0.15) is 12.9 Å². The monoisotopic (exact) mass is 184 g/mol. The van der Waals surface area contributed by atoms with Gasteiger partial charge in [0.25, 0.3) is 0 Å². The molecule has 0 bridgehead atoms. The number of aldehydes is 1. The number of rotatable bonds is 10. The van der Waals surface area contributed by atoms with Crippen molar-refractivity contribution in [2.45, 2.75) is 38.5 Å². The smallest absolute Gasteiger partial charge is 0.145 e. The molecule has 0 aliphatic carbocycles. The van der Waals surface area contributed by atoms with E-state index in [2.05, 4.69) is 6.58 Å². The van der Waals surface area contributed by atoms with Gasteiger partial charge in [-0.1, -0.05) is 25.3 Å². The van der Waals surface area contributed by atoms with Gasteiger partial charge in [0.15, 0.2) is 0 Å². The van der Waals surface area contributed by atoms with E-state index in [1.165, 1.54) is 25.7 Å². The molecule has 0 heterocycles. The van der Waals surface area contributed by atoms with Crippen LogP contribution in [-0.4, -0.2) is 19.5 Å². The average molecular weight is 184 g/mol. The molecule has 13 heavy (non-hydrogen) atoms. The summed E-state index contributed by atoms with van der Waals surface area (Å²) in [6, 6.07) is 0. The fourth-order valence-electron chi connectivity index (χ4n) is 1.15. The molecular formula is C11H20O2. The van der Waals surface area contributed by atoms with E-state index in [0.29, 0.717) is 0 Å². The van der Waals surface area contributed by atoms with Crippen molar-refractivity contribution in [2.24, 2.45) is 0 Å². The minimum Gasteiger partial charge on any atom is -0.374 e. The maximum atomic E-state index is 9.88. The summed E-state index contributed by atoms with van der Waals surface area (Å²) < 4.78 is 5.03. The fraction of sp³-hybridized carbons (Fsp3) is 0.727. The minimum atomic E-state index is 0.246. The van der Waals surface area contributed by atoms with Gasteiger partial charge in [0, 0.05) is 6.61 Å². The molecule has 0 saturated carbocycles. The first-order valence-corrected chi connectivity index (χ1v) is 5.04. The molecule has 0 unspecified atom stereocenters. The summed E-state index contributed by atoms with van der Waals surface area (Å²) in [4.78, 5) is 9.88. The van der Waals surface area contributed by atoms with Gasteiger partial charge in [-0.2, -0.15) is 0 Å². The molecule has 76 valence electrons. The van der Waals surface area contributed by atoms with Gasteiger partial charge in [-0.3, -0.25) is 0 Å². The van der Waals surface area contributed by atoms with Crippen molar-refractivity contribution in [1.29, 1.82) is 0 Å². The van der Waals surface area contributed by atoms with Crippen LogP contribution in [-0.2, 0) is 9.53 Å².